The van der Waals surface area contributed by atoms with Gasteiger partial charge in [0.2, 0.25) is 0 Å². The molecule has 2 heteroatoms. The summed E-state index contributed by atoms with van der Waals surface area (Å²) < 4.78 is 4.98. The van der Waals surface area contributed by atoms with Gasteiger partial charge in [-0.25, -0.2) is 0 Å². The minimum absolute atomic E-state index is 0.213. The third-order valence-corrected chi connectivity index (χ3v) is 1.60. The normalized spacial score (nSPS) is 9.73. The number of hydrogen-bond acceptors (Lipinski definition) is 2. The van der Waals surface area contributed by atoms with Gasteiger partial charge in [0, 0.05) is 0 Å². The molecule has 0 saturated heterocycles. The first-order valence-electron chi connectivity index (χ1n) is 3.49. The summed E-state index contributed by atoms with van der Waals surface area (Å²) in [5.41, 5.74) is 2.01. The summed E-state index contributed by atoms with van der Waals surface area (Å²) in [4.78, 5) is 0. The predicted molar refractivity (Wildman–Crippen MR) is 44.1 cm³/mol. The van der Waals surface area contributed by atoms with Crippen LogP contribution < -0.4 is 4.74 Å². The smallest absolute Gasteiger partial charge is 0.163 e. The van der Waals surface area contributed by atoms with Crippen molar-refractivity contribution >= 4 is 0 Å². The van der Waals surface area contributed by atoms with Gasteiger partial charge in [0.1, 0.15) is 0 Å². The highest BCUT2D eigenvalue weighted by Gasteiger charge is 2.04. The molecule has 0 unspecified atom stereocenters. The summed E-state index contributed by atoms with van der Waals surface area (Å²) in [5, 5.41) is 9.35. The zero-order chi connectivity index (χ0) is 8.43. The molecule has 0 amide bonds. The second-order valence-corrected chi connectivity index (χ2v) is 2.63. The van der Waals surface area contributed by atoms with Crippen LogP contribution in [0.4, 0.5) is 0 Å². The van der Waals surface area contributed by atoms with E-state index in [-0.39, 0.29) is 5.75 Å². The van der Waals surface area contributed by atoms with Crippen molar-refractivity contribution in [1.82, 2.24) is 0 Å². The Hall–Kier alpha value is -1.18. The molecular formula is C9H12O2. The van der Waals surface area contributed by atoms with Gasteiger partial charge < -0.3 is 9.84 Å². The predicted octanol–water partition coefficient (Wildman–Crippen LogP) is 2.02. The highest BCUT2D eigenvalue weighted by Crippen LogP contribution is 2.30. The zero-order valence-corrected chi connectivity index (χ0v) is 7.01. The van der Waals surface area contributed by atoms with E-state index < -0.39 is 0 Å². The maximum atomic E-state index is 9.35. The highest BCUT2D eigenvalue weighted by molar-refractivity contribution is 5.47. The number of benzene rings is 1. The molecule has 0 fully saturated rings. The Kier molecular flexibility index (Phi) is 2.03. The Morgan fingerprint density at radius 1 is 1.27 bits per heavy atom. The Balaban J connectivity index is 3.25. The molecule has 0 aromatic heterocycles. The first-order valence-corrected chi connectivity index (χ1v) is 3.49. The molecule has 0 aliphatic carbocycles. The van der Waals surface area contributed by atoms with E-state index in [0.717, 1.165) is 11.1 Å². The average molecular weight is 152 g/mol. The topological polar surface area (TPSA) is 29.5 Å². The molecule has 2 nitrogen and oxygen atoms in total. The van der Waals surface area contributed by atoms with E-state index in [2.05, 4.69) is 0 Å². The summed E-state index contributed by atoms with van der Waals surface area (Å²) in [6, 6.07) is 3.66. The summed E-state index contributed by atoms with van der Waals surface area (Å²) >= 11 is 0. The molecule has 11 heavy (non-hydrogen) atoms. The number of hydrogen-bond donors (Lipinski definition) is 1. The fraction of sp³-hybridized carbons (Fsp3) is 0.333. The summed E-state index contributed by atoms with van der Waals surface area (Å²) in [6.07, 6.45) is 0. The van der Waals surface area contributed by atoms with E-state index in [1.165, 1.54) is 0 Å². The van der Waals surface area contributed by atoms with Gasteiger partial charge in [-0.2, -0.15) is 0 Å². The molecule has 0 spiro atoms. The lowest BCUT2D eigenvalue weighted by Gasteiger charge is -2.07. The lowest BCUT2D eigenvalue weighted by atomic mass is 10.1. The van der Waals surface area contributed by atoms with E-state index in [1.54, 1.807) is 13.2 Å². The van der Waals surface area contributed by atoms with E-state index in [4.69, 9.17) is 4.74 Å². The van der Waals surface area contributed by atoms with Crippen molar-refractivity contribution in [3.05, 3.63) is 23.3 Å². The monoisotopic (exact) mass is 152 g/mol. The van der Waals surface area contributed by atoms with Crippen molar-refractivity contribution in [3.63, 3.8) is 0 Å². The number of rotatable bonds is 1. The van der Waals surface area contributed by atoms with Gasteiger partial charge in [-0.1, -0.05) is 6.07 Å². The van der Waals surface area contributed by atoms with Gasteiger partial charge in [0.25, 0.3) is 0 Å². The van der Waals surface area contributed by atoms with Gasteiger partial charge >= 0.3 is 0 Å². The van der Waals surface area contributed by atoms with Crippen molar-refractivity contribution in [2.45, 2.75) is 13.8 Å². The van der Waals surface area contributed by atoms with Crippen molar-refractivity contribution in [2.75, 3.05) is 7.11 Å². The molecule has 1 N–H and O–H groups in total. The Bertz CT molecular complexity index is 243. The van der Waals surface area contributed by atoms with Crippen LogP contribution in [0.1, 0.15) is 11.1 Å². The number of phenolic OH excluding ortho intramolecular Hbond substituents is 1. The SMILES string of the molecule is COc1c(C)cc(C)cc1O. The lowest BCUT2D eigenvalue weighted by Crippen LogP contribution is -1.88. The summed E-state index contributed by atoms with van der Waals surface area (Å²) in [7, 11) is 1.55. The van der Waals surface area contributed by atoms with Crippen LogP contribution in [0.5, 0.6) is 11.5 Å². The molecule has 60 valence electrons. The lowest BCUT2D eigenvalue weighted by molar-refractivity contribution is 0.370. The van der Waals surface area contributed by atoms with Crippen molar-refractivity contribution in [3.8, 4) is 11.5 Å². The highest BCUT2D eigenvalue weighted by atomic mass is 16.5. The van der Waals surface area contributed by atoms with E-state index in [1.807, 2.05) is 19.9 Å². The van der Waals surface area contributed by atoms with Crippen LogP contribution in [-0.4, -0.2) is 12.2 Å². The van der Waals surface area contributed by atoms with E-state index >= 15 is 0 Å². The number of aryl methyl sites for hydroxylation is 2. The third-order valence-electron chi connectivity index (χ3n) is 1.60. The maximum Gasteiger partial charge on any atom is 0.163 e. The fourth-order valence-corrected chi connectivity index (χ4v) is 1.20. The first-order chi connectivity index (χ1) is 5.15. The molecule has 1 rings (SSSR count). The Morgan fingerprint density at radius 2 is 1.91 bits per heavy atom. The van der Waals surface area contributed by atoms with Crippen LogP contribution in [0, 0.1) is 13.8 Å². The largest absolute Gasteiger partial charge is 0.504 e. The van der Waals surface area contributed by atoms with Crippen LogP contribution in [0.25, 0.3) is 0 Å². The van der Waals surface area contributed by atoms with Gasteiger partial charge in [-0.15, -0.1) is 0 Å². The van der Waals surface area contributed by atoms with Crippen LogP contribution in [0.3, 0.4) is 0 Å². The minimum atomic E-state index is 0.213. The summed E-state index contributed by atoms with van der Waals surface area (Å²) in [6.45, 7) is 3.84. The van der Waals surface area contributed by atoms with Gasteiger partial charge in [-0.3, -0.25) is 0 Å². The minimum Gasteiger partial charge on any atom is -0.504 e. The quantitative estimate of drug-likeness (QED) is 0.667. The van der Waals surface area contributed by atoms with E-state index in [0.29, 0.717) is 5.75 Å². The molecule has 0 atom stereocenters. The van der Waals surface area contributed by atoms with Crippen molar-refractivity contribution in [1.29, 1.82) is 0 Å². The number of methoxy groups -OCH3 is 1. The molecule has 0 aliphatic heterocycles. The molecule has 1 aromatic carbocycles. The van der Waals surface area contributed by atoms with Crippen molar-refractivity contribution in [2.24, 2.45) is 0 Å². The molecule has 0 saturated carbocycles. The van der Waals surface area contributed by atoms with Crippen LogP contribution in [0.2, 0.25) is 0 Å². The summed E-state index contributed by atoms with van der Waals surface area (Å²) in [5.74, 6) is 0.778. The van der Waals surface area contributed by atoms with Crippen LogP contribution in [0.15, 0.2) is 12.1 Å². The number of phenols is 1. The Morgan fingerprint density at radius 3 is 2.36 bits per heavy atom. The van der Waals surface area contributed by atoms with Gasteiger partial charge in [0.05, 0.1) is 7.11 Å². The standard InChI is InChI=1S/C9H12O2/c1-6-4-7(2)9(11-3)8(10)5-6/h4-5,10H,1-3H3. The maximum absolute atomic E-state index is 9.35. The van der Waals surface area contributed by atoms with E-state index in [9.17, 15) is 5.11 Å². The zero-order valence-electron chi connectivity index (χ0n) is 7.01. The first kappa shape index (κ1) is 7.92. The van der Waals surface area contributed by atoms with Crippen molar-refractivity contribution < 1.29 is 9.84 Å². The third kappa shape index (κ3) is 1.45. The van der Waals surface area contributed by atoms with Crippen LogP contribution >= 0.6 is 0 Å². The molecule has 0 aliphatic rings. The number of ether oxygens (including phenoxy) is 1. The second-order valence-electron chi connectivity index (χ2n) is 2.63. The molecule has 0 radical (unpaired) electrons. The van der Waals surface area contributed by atoms with Gasteiger partial charge in [0.15, 0.2) is 11.5 Å². The second kappa shape index (κ2) is 2.82. The van der Waals surface area contributed by atoms with Crippen LogP contribution in [-0.2, 0) is 0 Å². The molecule has 0 bridgehead atoms. The van der Waals surface area contributed by atoms with Gasteiger partial charge in [-0.05, 0) is 31.0 Å². The average Bonchev–Trinajstić information content (AvgIpc) is 1.85. The molecule has 0 heterocycles. The Labute approximate surface area is 66.4 Å². The number of aromatic hydroxyl groups is 1. The fourth-order valence-electron chi connectivity index (χ4n) is 1.20. The molecular weight excluding hydrogens is 140 g/mol. The molecule has 1 aromatic rings.